The molecule has 2 aliphatic heterocycles. The number of anilines is 2. The van der Waals surface area contributed by atoms with Crippen LogP contribution in [-0.2, 0) is 11.3 Å². The van der Waals surface area contributed by atoms with Crippen LogP contribution in [-0.4, -0.2) is 46.0 Å². The molecular formula is C30H32N6OS. The van der Waals surface area contributed by atoms with Crippen LogP contribution in [0.5, 0.6) is 0 Å². The molecule has 1 N–H and O–H groups in total. The predicted molar refractivity (Wildman–Crippen MR) is 155 cm³/mol. The van der Waals surface area contributed by atoms with E-state index in [9.17, 15) is 0 Å². The van der Waals surface area contributed by atoms with Gasteiger partial charge in [-0.15, -0.1) is 0 Å². The fourth-order valence-electron chi connectivity index (χ4n) is 5.64. The van der Waals surface area contributed by atoms with Crippen molar-refractivity contribution in [1.29, 1.82) is 0 Å². The first-order valence-corrected chi connectivity index (χ1v) is 13.5. The molecule has 2 saturated heterocycles. The van der Waals surface area contributed by atoms with E-state index in [1.165, 1.54) is 28.2 Å². The molecule has 7 nitrogen and oxygen atoms in total. The van der Waals surface area contributed by atoms with Crippen molar-refractivity contribution in [3.05, 3.63) is 107 Å². The van der Waals surface area contributed by atoms with Crippen LogP contribution in [0.25, 0.3) is 0 Å². The summed E-state index contributed by atoms with van der Waals surface area (Å²) in [7, 11) is 0. The average Bonchev–Trinajstić information content (AvgIpc) is 3.45. The van der Waals surface area contributed by atoms with Crippen LogP contribution in [0.15, 0.2) is 79.3 Å². The number of hydrogen-bond donors (Lipinski definition) is 1. The van der Waals surface area contributed by atoms with Gasteiger partial charge in [-0.1, -0.05) is 12.1 Å². The summed E-state index contributed by atoms with van der Waals surface area (Å²) in [6.07, 6.45) is 5.60. The zero-order chi connectivity index (χ0) is 26.1. The molecule has 8 heteroatoms. The van der Waals surface area contributed by atoms with Crippen LogP contribution in [0.3, 0.4) is 0 Å². The van der Waals surface area contributed by atoms with Gasteiger partial charge in [0, 0.05) is 61.0 Å². The highest BCUT2D eigenvalue weighted by molar-refractivity contribution is 7.80. The summed E-state index contributed by atoms with van der Waals surface area (Å²) >= 11 is 5.97. The van der Waals surface area contributed by atoms with Crippen LogP contribution >= 0.6 is 12.2 Å². The first kappa shape index (κ1) is 24.6. The Morgan fingerprint density at radius 3 is 2.47 bits per heavy atom. The second kappa shape index (κ2) is 10.6. The zero-order valence-electron chi connectivity index (χ0n) is 21.7. The van der Waals surface area contributed by atoms with Crippen LogP contribution in [0, 0.1) is 13.8 Å². The first-order valence-electron chi connectivity index (χ1n) is 13.1. The molecule has 0 spiro atoms. The molecule has 0 saturated carbocycles. The molecule has 0 aliphatic carbocycles. The van der Waals surface area contributed by atoms with Crippen molar-refractivity contribution in [3.8, 4) is 0 Å². The van der Waals surface area contributed by atoms with Crippen LogP contribution in [0.1, 0.15) is 40.3 Å². The van der Waals surface area contributed by atoms with Gasteiger partial charge in [0.15, 0.2) is 5.11 Å². The van der Waals surface area contributed by atoms with Crippen LogP contribution in [0.4, 0.5) is 11.4 Å². The lowest BCUT2D eigenvalue weighted by atomic mass is 9.96. The number of nitrogens with zero attached hydrogens (tertiary/aromatic N) is 5. The van der Waals surface area contributed by atoms with Crippen molar-refractivity contribution in [1.82, 2.24) is 19.9 Å². The second-order valence-corrected chi connectivity index (χ2v) is 10.3. The maximum absolute atomic E-state index is 5.97. The summed E-state index contributed by atoms with van der Waals surface area (Å²) in [6.45, 7) is 8.51. The smallest absolute Gasteiger partial charge is 0.174 e. The van der Waals surface area contributed by atoms with Crippen molar-refractivity contribution in [2.45, 2.75) is 32.5 Å². The highest BCUT2D eigenvalue weighted by atomic mass is 32.1. The van der Waals surface area contributed by atoms with E-state index in [1.807, 2.05) is 36.8 Å². The molecule has 0 amide bonds. The van der Waals surface area contributed by atoms with Gasteiger partial charge in [0.2, 0.25) is 0 Å². The Kier molecular flexibility index (Phi) is 6.82. The molecule has 1 aromatic carbocycles. The monoisotopic (exact) mass is 524 g/mol. The third-order valence-corrected chi connectivity index (χ3v) is 7.91. The number of benzene rings is 1. The van der Waals surface area contributed by atoms with Crippen LogP contribution < -0.4 is 15.1 Å². The molecule has 2 aliphatic rings. The van der Waals surface area contributed by atoms with Gasteiger partial charge in [0.05, 0.1) is 31.0 Å². The summed E-state index contributed by atoms with van der Waals surface area (Å²) in [5.74, 6) is 0. The molecule has 194 valence electrons. The second-order valence-electron chi connectivity index (χ2n) is 9.89. The zero-order valence-corrected chi connectivity index (χ0v) is 22.6. The number of nitrogens with one attached hydrogen (secondary N) is 1. The van der Waals surface area contributed by atoms with E-state index >= 15 is 0 Å². The van der Waals surface area contributed by atoms with Gasteiger partial charge in [-0.05, 0) is 85.7 Å². The average molecular weight is 525 g/mol. The Hall–Kier alpha value is -3.75. The van der Waals surface area contributed by atoms with Gasteiger partial charge in [0.25, 0.3) is 0 Å². The van der Waals surface area contributed by atoms with E-state index in [2.05, 4.69) is 81.0 Å². The number of hydrogen-bond acceptors (Lipinski definition) is 5. The van der Waals surface area contributed by atoms with Gasteiger partial charge in [-0.25, -0.2) is 0 Å². The van der Waals surface area contributed by atoms with Gasteiger partial charge < -0.3 is 24.4 Å². The Bertz CT molecular complexity index is 1400. The van der Waals surface area contributed by atoms with Crippen molar-refractivity contribution >= 4 is 28.7 Å². The first-order chi connectivity index (χ1) is 18.6. The summed E-state index contributed by atoms with van der Waals surface area (Å²) in [5.41, 5.74) is 8.11. The third-order valence-electron chi connectivity index (χ3n) is 7.60. The SMILES string of the molecule is Cc1cc([C@@H]2[C@@H](c3ccccn3)NC(=S)N2c2ccc(N3CCOCC3)cc2)c(C)n1Cc1cccnc1. The number of aryl methyl sites for hydroxylation is 1. The number of aromatic nitrogens is 3. The van der Waals surface area contributed by atoms with Gasteiger partial charge in [-0.3, -0.25) is 9.97 Å². The molecule has 0 radical (unpaired) electrons. The van der Waals surface area contributed by atoms with E-state index in [0.717, 1.165) is 44.2 Å². The molecule has 0 bridgehead atoms. The summed E-state index contributed by atoms with van der Waals surface area (Å²) in [6, 6.07) is 21.1. The fourth-order valence-corrected chi connectivity index (χ4v) is 5.99. The minimum Gasteiger partial charge on any atom is -0.378 e. The third kappa shape index (κ3) is 4.66. The summed E-state index contributed by atoms with van der Waals surface area (Å²) < 4.78 is 7.89. The number of morpholine rings is 1. The normalized spacial score (nSPS) is 19.6. The van der Waals surface area contributed by atoms with E-state index < -0.39 is 0 Å². The van der Waals surface area contributed by atoms with Gasteiger partial charge in [-0.2, -0.15) is 0 Å². The maximum atomic E-state index is 5.97. The quantitative estimate of drug-likeness (QED) is 0.358. The van der Waals surface area contributed by atoms with Crippen molar-refractivity contribution in [3.63, 3.8) is 0 Å². The molecule has 2 atom stereocenters. The molecule has 6 rings (SSSR count). The van der Waals surface area contributed by atoms with Gasteiger partial charge in [0.1, 0.15) is 0 Å². The topological polar surface area (TPSA) is 58.5 Å². The predicted octanol–water partition coefficient (Wildman–Crippen LogP) is 4.96. The van der Waals surface area contributed by atoms with E-state index in [-0.39, 0.29) is 12.1 Å². The Labute approximate surface area is 229 Å². The van der Waals surface area contributed by atoms with Gasteiger partial charge >= 0.3 is 0 Å². The van der Waals surface area contributed by atoms with Crippen molar-refractivity contribution in [2.75, 3.05) is 36.1 Å². The molecule has 38 heavy (non-hydrogen) atoms. The Morgan fingerprint density at radius 1 is 0.974 bits per heavy atom. The van der Waals surface area contributed by atoms with Crippen molar-refractivity contribution in [2.24, 2.45) is 0 Å². The number of thiocarbonyl (C=S) groups is 1. The van der Waals surface area contributed by atoms with E-state index in [1.54, 1.807) is 0 Å². The highest BCUT2D eigenvalue weighted by Gasteiger charge is 2.42. The molecule has 0 unspecified atom stereocenters. The van der Waals surface area contributed by atoms with Crippen molar-refractivity contribution < 1.29 is 4.74 Å². The lowest BCUT2D eigenvalue weighted by Crippen LogP contribution is -2.36. The Balaban J connectivity index is 1.39. The Morgan fingerprint density at radius 2 is 1.76 bits per heavy atom. The standard InChI is InChI=1S/C30H32N6OS/c1-21-18-26(22(2)35(21)20-23-6-5-12-31-19-23)29-28(27-7-3-4-13-32-27)33-30(38)36(29)25-10-8-24(9-11-25)34-14-16-37-17-15-34/h3-13,18-19,28-29H,14-17,20H2,1-2H3,(H,33,38)/t28-,29-/m1/s1. The number of rotatable bonds is 6. The number of pyridine rings is 2. The summed E-state index contributed by atoms with van der Waals surface area (Å²) in [5, 5.41) is 4.31. The maximum Gasteiger partial charge on any atom is 0.174 e. The molecule has 4 aromatic rings. The van der Waals surface area contributed by atoms with E-state index in [0.29, 0.717) is 5.11 Å². The molecule has 2 fully saturated rings. The van der Waals surface area contributed by atoms with E-state index in [4.69, 9.17) is 21.9 Å². The minimum atomic E-state index is -0.0741. The highest BCUT2D eigenvalue weighted by Crippen LogP contribution is 2.43. The molecular weight excluding hydrogens is 492 g/mol. The lowest BCUT2D eigenvalue weighted by Gasteiger charge is -2.31. The fraction of sp³-hybridized carbons (Fsp3) is 0.300. The molecule has 5 heterocycles. The minimum absolute atomic E-state index is 0.0412. The van der Waals surface area contributed by atoms with Crippen LogP contribution in [0.2, 0.25) is 0 Å². The number of ether oxygens (including phenoxy) is 1. The lowest BCUT2D eigenvalue weighted by molar-refractivity contribution is 0.122. The summed E-state index contributed by atoms with van der Waals surface area (Å²) in [4.78, 5) is 13.7. The largest absolute Gasteiger partial charge is 0.378 e. The molecule has 3 aromatic heterocycles.